The highest BCUT2D eigenvalue weighted by Crippen LogP contribution is 2.34. The molecule has 0 saturated carbocycles. The van der Waals surface area contributed by atoms with Crippen LogP contribution in [0, 0.1) is 13.8 Å². The van der Waals surface area contributed by atoms with E-state index >= 15 is 0 Å². The minimum atomic E-state index is -0.113. The SMILES string of the molecule is CC1=N[C@](C)(c2cc(C)ccc2C)CCO1. The van der Waals surface area contributed by atoms with Crippen molar-refractivity contribution in [3.8, 4) is 0 Å². The zero-order valence-electron chi connectivity index (χ0n) is 10.5. The van der Waals surface area contributed by atoms with Crippen molar-refractivity contribution in [2.75, 3.05) is 6.61 Å². The summed E-state index contributed by atoms with van der Waals surface area (Å²) in [7, 11) is 0. The third-order valence-corrected chi connectivity index (χ3v) is 3.28. The van der Waals surface area contributed by atoms with Crippen LogP contribution in [0.4, 0.5) is 0 Å². The van der Waals surface area contributed by atoms with Gasteiger partial charge in [-0.25, -0.2) is 4.99 Å². The van der Waals surface area contributed by atoms with Crippen molar-refractivity contribution in [3.63, 3.8) is 0 Å². The molecule has 2 nitrogen and oxygen atoms in total. The fraction of sp³-hybridized carbons (Fsp3) is 0.500. The van der Waals surface area contributed by atoms with Gasteiger partial charge in [0.15, 0.2) is 5.90 Å². The van der Waals surface area contributed by atoms with Crippen LogP contribution in [0.5, 0.6) is 0 Å². The predicted molar refractivity (Wildman–Crippen MR) is 66.9 cm³/mol. The van der Waals surface area contributed by atoms with E-state index in [-0.39, 0.29) is 5.54 Å². The fourth-order valence-electron chi connectivity index (χ4n) is 2.34. The van der Waals surface area contributed by atoms with Crippen LogP contribution < -0.4 is 0 Å². The van der Waals surface area contributed by atoms with E-state index in [1.807, 2.05) is 6.92 Å². The molecule has 1 aliphatic heterocycles. The molecule has 0 unspecified atom stereocenters. The molecule has 0 N–H and O–H groups in total. The van der Waals surface area contributed by atoms with Crippen LogP contribution in [-0.2, 0) is 10.3 Å². The van der Waals surface area contributed by atoms with Gasteiger partial charge in [0.1, 0.15) is 0 Å². The molecule has 2 heteroatoms. The molecule has 1 aromatic carbocycles. The monoisotopic (exact) mass is 217 g/mol. The average Bonchev–Trinajstić information content (AvgIpc) is 2.21. The Morgan fingerprint density at radius 3 is 2.69 bits per heavy atom. The second-order valence-corrected chi connectivity index (χ2v) is 4.82. The van der Waals surface area contributed by atoms with Crippen molar-refractivity contribution >= 4 is 5.90 Å². The van der Waals surface area contributed by atoms with Gasteiger partial charge in [-0.2, -0.15) is 0 Å². The molecule has 0 fully saturated rings. The molecule has 0 aromatic heterocycles. The van der Waals surface area contributed by atoms with E-state index < -0.39 is 0 Å². The van der Waals surface area contributed by atoms with Gasteiger partial charge in [0.05, 0.1) is 12.1 Å². The Morgan fingerprint density at radius 2 is 2.00 bits per heavy atom. The van der Waals surface area contributed by atoms with Gasteiger partial charge in [-0.05, 0) is 31.9 Å². The van der Waals surface area contributed by atoms with Crippen molar-refractivity contribution in [2.45, 2.75) is 39.7 Å². The summed E-state index contributed by atoms with van der Waals surface area (Å²) < 4.78 is 5.41. The second-order valence-electron chi connectivity index (χ2n) is 4.82. The standard InChI is InChI=1S/C14H19NO/c1-10-5-6-11(2)13(9-10)14(4)7-8-16-12(3)15-14/h5-6,9H,7-8H2,1-4H3/t14-/m0/s1. The first-order valence-corrected chi connectivity index (χ1v) is 5.78. The van der Waals surface area contributed by atoms with Crippen molar-refractivity contribution in [2.24, 2.45) is 4.99 Å². The van der Waals surface area contributed by atoms with Gasteiger partial charge in [0.2, 0.25) is 0 Å². The van der Waals surface area contributed by atoms with Crippen LogP contribution in [-0.4, -0.2) is 12.5 Å². The number of rotatable bonds is 1. The zero-order valence-corrected chi connectivity index (χ0v) is 10.5. The fourth-order valence-corrected chi connectivity index (χ4v) is 2.34. The lowest BCUT2D eigenvalue weighted by atomic mass is 9.85. The number of ether oxygens (including phenoxy) is 1. The lowest BCUT2D eigenvalue weighted by molar-refractivity contribution is 0.220. The Balaban J connectivity index is 2.50. The summed E-state index contributed by atoms with van der Waals surface area (Å²) in [6.45, 7) is 9.17. The lowest BCUT2D eigenvalue weighted by Gasteiger charge is -2.32. The van der Waals surface area contributed by atoms with Crippen LogP contribution in [0.3, 0.4) is 0 Å². The van der Waals surface area contributed by atoms with Gasteiger partial charge in [0, 0.05) is 13.3 Å². The molecule has 0 amide bonds. The molecule has 0 aliphatic carbocycles. The van der Waals surface area contributed by atoms with Gasteiger partial charge >= 0.3 is 0 Å². The van der Waals surface area contributed by atoms with Crippen LogP contribution in [0.1, 0.15) is 37.0 Å². The number of benzene rings is 1. The molecule has 1 heterocycles. The summed E-state index contributed by atoms with van der Waals surface area (Å²) in [5.41, 5.74) is 3.82. The average molecular weight is 217 g/mol. The molecule has 1 aromatic rings. The number of hydrogen-bond acceptors (Lipinski definition) is 2. The molecule has 0 radical (unpaired) electrons. The molecule has 86 valence electrons. The topological polar surface area (TPSA) is 21.6 Å². The maximum atomic E-state index is 5.41. The first kappa shape index (κ1) is 11.2. The van der Waals surface area contributed by atoms with Crippen molar-refractivity contribution < 1.29 is 4.74 Å². The Kier molecular flexibility index (Phi) is 2.75. The quantitative estimate of drug-likeness (QED) is 0.707. The predicted octanol–water partition coefficient (Wildman–Crippen LogP) is 3.36. The van der Waals surface area contributed by atoms with E-state index in [0.717, 1.165) is 18.9 Å². The van der Waals surface area contributed by atoms with Crippen molar-refractivity contribution in [1.82, 2.24) is 0 Å². The van der Waals surface area contributed by atoms with E-state index in [1.54, 1.807) is 0 Å². The van der Waals surface area contributed by atoms with E-state index in [4.69, 9.17) is 4.74 Å². The maximum Gasteiger partial charge on any atom is 0.180 e. The summed E-state index contributed by atoms with van der Waals surface area (Å²) in [4.78, 5) is 4.68. The normalized spacial score (nSPS) is 24.9. The van der Waals surface area contributed by atoms with Crippen LogP contribution >= 0.6 is 0 Å². The summed E-state index contributed by atoms with van der Waals surface area (Å²) in [5, 5.41) is 0. The lowest BCUT2D eigenvalue weighted by Crippen LogP contribution is -2.29. The molecule has 1 aliphatic rings. The largest absolute Gasteiger partial charge is 0.481 e. The van der Waals surface area contributed by atoms with Gasteiger partial charge in [0.25, 0.3) is 0 Å². The Morgan fingerprint density at radius 1 is 1.25 bits per heavy atom. The minimum absolute atomic E-state index is 0.113. The third kappa shape index (κ3) is 1.97. The second kappa shape index (κ2) is 3.93. The number of aliphatic imine (C=N–C) groups is 1. The van der Waals surface area contributed by atoms with Crippen LogP contribution in [0.15, 0.2) is 23.2 Å². The Bertz CT molecular complexity index is 436. The number of nitrogens with zero attached hydrogens (tertiary/aromatic N) is 1. The molecule has 0 saturated heterocycles. The molecular weight excluding hydrogens is 198 g/mol. The van der Waals surface area contributed by atoms with E-state index in [0.29, 0.717) is 0 Å². The van der Waals surface area contributed by atoms with Crippen LogP contribution in [0.25, 0.3) is 0 Å². The first-order valence-electron chi connectivity index (χ1n) is 5.78. The van der Waals surface area contributed by atoms with Crippen molar-refractivity contribution in [1.29, 1.82) is 0 Å². The van der Waals surface area contributed by atoms with E-state index in [9.17, 15) is 0 Å². The summed E-state index contributed by atoms with van der Waals surface area (Å²) in [6, 6.07) is 6.58. The maximum absolute atomic E-state index is 5.41. The van der Waals surface area contributed by atoms with Crippen LogP contribution in [0.2, 0.25) is 0 Å². The first-order chi connectivity index (χ1) is 7.51. The summed E-state index contributed by atoms with van der Waals surface area (Å²) >= 11 is 0. The van der Waals surface area contributed by atoms with E-state index in [2.05, 4.69) is 44.0 Å². The van der Waals surface area contributed by atoms with Gasteiger partial charge in [-0.1, -0.05) is 23.8 Å². The minimum Gasteiger partial charge on any atom is -0.481 e. The van der Waals surface area contributed by atoms with Gasteiger partial charge in [-0.3, -0.25) is 0 Å². The highest BCUT2D eigenvalue weighted by Gasteiger charge is 2.30. The molecule has 16 heavy (non-hydrogen) atoms. The highest BCUT2D eigenvalue weighted by atomic mass is 16.5. The number of hydrogen-bond donors (Lipinski definition) is 0. The molecular formula is C14H19NO. The molecule has 0 spiro atoms. The van der Waals surface area contributed by atoms with Crippen molar-refractivity contribution in [3.05, 3.63) is 34.9 Å². The molecule has 1 atom stereocenters. The third-order valence-electron chi connectivity index (χ3n) is 3.28. The van der Waals surface area contributed by atoms with Gasteiger partial charge < -0.3 is 4.74 Å². The zero-order chi connectivity index (χ0) is 11.8. The van der Waals surface area contributed by atoms with Gasteiger partial charge in [-0.15, -0.1) is 0 Å². The number of aryl methyl sites for hydroxylation is 2. The molecule has 2 rings (SSSR count). The highest BCUT2D eigenvalue weighted by molar-refractivity contribution is 5.74. The molecule has 0 bridgehead atoms. The Hall–Kier alpha value is -1.31. The summed E-state index contributed by atoms with van der Waals surface area (Å²) in [5.74, 6) is 0.801. The Labute approximate surface area is 97.4 Å². The van der Waals surface area contributed by atoms with E-state index in [1.165, 1.54) is 16.7 Å². The summed E-state index contributed by atoms with van der Waals surface area (Å²) in [6.07, 6.45) is 0.953. The smallest absolute Gasteiger partial charge is 0.180 e.